The van der Waals surface area contributed by atoms with Crippen molar-refractivity contribution in [2.24, 2.45) is 0 Å². The predicted molar refractivity (Wildman–Crippen MR) is 10.2 cm³/mol. The van der Waals surface area contributed by atoms with Gasteiger partial charge in [0.25, 0.3) is 0 Å². The van der Waals surface area contributed by atoms with E-state index < -0.39 is 0 Å². The van der Waals surface area contributed by atoms with Crippen molar-refractivity contribution < 1.29 is 10.5 Å². The first-order valence-electron chi connectivity index (χ1n) is 0.424. The lowest BCUT2D eigenvalue weighted by atomic mass is 11.9. The lowest BCUT2D eigenvalue weighted by Gasteiger charge is -1.25. The summed E-state index contributed by atoms with van der Waals surface area (Å²) in [7, 11) is 0. The maximum atomic E-state index is 6.25. The highest BCUT2D eigenvalue weighted by atomic mass is 17.0. The Kier molecular flexibility index (Phi) is 34.3. The topological polar surface area (TPSA) is 64.2 Å². The smallest absolute Gasteiger partial charge is 0.255 e. The fourth-order valence-corrected chi connectivity index (χ4v) is 0. The predicted octanol–water partition coefficient (Wildman–Crippen LogP) is 0.114. The molecule has 0 aromatic heterocycles. The van der Waals surface area contributed by atoms with Crippen LogP contribution in [0.2, 0.25) is 0 Å². The van der Waals surface area contributed by atoms with E-state index in [-0.39, 0.29) is 0 Å². The van der Waals surface area contributed by atoms with Crippen LogP contribution in [0.25, 0.3) is 0 Å². The average Bonchev–Trinajstić information content (AvgIpc) is 1.50. The Morgan fingerprint density at radius 3 is 1.25 bits per heavy atom. The van der Waals surface area contributed by atoms with Gasteiger partial charge in [0.05, 0.1) is 0 Å². The van der Waals surface area contributed by atoms with Gasteiger partial charge in [0.15, 0.2) is 0 Å². The quantitative estimate of drug-likeness (QED) is 0.237. The molecule has 0 saturated carbocycles. The van der Waals surface area contributed by atoms with Crippen LogP contribution >= 0.6 is 0 Å². The van der Waals surface area contributed by atoms with Gasteiger partial charge in [-0.25, -0.2) is 0 Å². The molecular weight excluding hydrogens is 58.0 g/mol. The molecule has 0 aromatic carbocycles. The summed E-state index contributed by atoms with van der Waals surface area (Å²) in [5.74, 6) is 0. The average molecular weight is 60.0 g/mol. The number of hydrogen-bond donors (Lipinski definition) is 2. The molecular formula is CH2NO2-. The summed E-state index contributed by atoms with van der Waals surface area (Å²) in [5, 5.41) is 18.2. The van der Waals surface area contributed by atoms with Crippen molar-refractivity contribution in [1.29, 1.82) is 5.26 Å². The van der Waals surface area contributed by atoms with E-state index in [0.29, 0.717) is 0 Å². The highest BCUT2D eigenvalue weighted by Crippen LogP contribution is 0.711. The number of hydrogen-bond acceptors (Lipinski definition) is 3. The van der Waals surface area contributed by atoms with Crippen molar-refractivity contribution in [2.45, 2.75) is 0 Å². The summed E-state index contributed by atoms with van der Waals surface area (Å²) in [5.41, 5.74) is 0. The molecule has 0 radical (unpaired) electrons. The van der Waals surface area contributed by atoms with Gasteiger partial charge in [-0.2, -0.15) is 0 Å². The van der Waals surface area contributed by atoms with Gasteiger partial charge in [0.2, 0.25) is 0 Å². The first-order chi connectivity index (χ1) is 2.00. The van der Waals surface area contributed by atoms with Gasteiger partial charge < -0.3 is 11.8 Å². The minimum absolute atomic E-state index is 4.75. The third-order valence-electron chi connectivity index (χ3n) is 0. The standard InChI is InChI=1S/CN.H2O2/c2*1-2/h;1-2H/q-1;. The van der Waals surface area contributed by atoms with Gasteiger partial charge in [-0.05, 0) is 0 Å². The Labute approximate surface area is 23.7 Å². The molecule has 0 aliphatic carbocycles. The van der Waals surface area contributed by atoms with Crippen LogP contribution in [0.5, 0.6) is 0 Å². The second-order valence-electron chi connectivity index (χ2n) is 0. The Morgan fingerprint density at radius 1 is 1.25 bits per heavy atom. The van der Waals surface area contributed by atoms with Crippen molar-refractivity contribution in [1.82, 2.24) is 0 Å². The second kappa shape index (κ2) is 13.8. The first kappa shape index (κ1) is 9.96. The summed E-state index contributed by atoms with van der Waals surface area (Å²) in [6, 6.07) is 0. The fraction of sp³-hybridized carbons (Fsp3) is 0. The van der Waals surface area contributed by atoms with Gasteiger partial charge in [-0.3, -0.25) is 10.5 Å². The van der Waals surface area contributed by atoms with E-state index >= 15 is 0 Å². The maximum Gasteiger partial charge on any atom is -0.255 e. The van der Waals surface area contributed by atoms with Crippen molar-refractivity contribution >= 4 is 0 Å². The summed E-state index contributed by atoms with van der Waals surface area (Å²) in [6.07, 6.45) is 0. The molecule has 0 atom stereocenters. The third-order valence-corrected chi connectivity index (χ3v) is 0. The first-order valence-corrected chi connectivity index (χ1v) is 0.424. The molecule has 4 heavy (non-hydrogen) atoms. The molecule has 0 bridgehead atoms. The molecule has 0 heterocycles. The largest absolute Gasteiger partial charge is 0.512 e. The SMILES string of the molecule is OO.[C-]#N. The second-order valence-corrected chi connectivity index (χ2v) is 0. The fourth-order valence-electron chi connectivity index (χ4n) is 0. The maximum absolute atomic E-state index is 6.25. The number of nitrogens with zero attached hydrogens (tertiary/aromatic N) is 1. The van der Waals surface area contributed by atoms with Gasteiger partial charge >= 0.3 is 0 Å². The Morgan fingerprint density at radius 2 is 1.25 bits per heavy atom. The van der Waals surface area contributed by atoms with E-state index in [4.69, 9.17) is 22.3 Å². The van der Waals surface area contributed by atoms with E-state index in [1.165, 1.54) is 0 Å². The minimum Gasteiger partial charge on any atom is -0.512 e. The molecule has 0 saturated heterocycles. The molecule has 3 nitrogen and oxygen atoms in total. The van der Waals surface area contributed by atoms with Crippen LogP contribution in [0.3, 0.4) is 0 Å². The lowest BCUT2D eigenvalue weighted by Crippen LogP contribution is -1.29. The summed E-state index contributed by atoms with van der Waals surface area (Å²) < 4.78 is 0. The highest BCUT2D eigenvalue weighted by Gasteiger charge is 0.745. The van der Waals surface area contributed by atoms with Gasteiger partial charge in [-0.15, -0.1) is 0 Å². The van der Waals surface area contributed by atoms with E-state index in [0.717, 1.165) is 0 Å². The van der Waals surface area contributed by atoms with Crippen LogP contribution in [-0.2, 0) is 0 Å². The zero-order chi connectivity index (χ0) is 4.00. The summed E-state index contributed by atoms with van der Waals surface area (Å²) >= 11 is 0. The summed E-state index contributed by atoms with van der Waals surface area (Å²) in [6.45, 7) is 4.75. The monoisotopic (exact) mass is 60.0 g/mol. The van der Waals surface area contributed by atoms with Crippen LogP contribution in [0, 0.1) is 11.8 Å². The molecule has 0 fully saturated rings. The highest BCUT2D eigenvalue weighted by molar-refractivity contribution is 3.44. The van der Waals surface area contributed by atoms with Gasteiger partial charge in [0.1, 0.15) is 0 Å². The van der Waals surface area contributed by atoms with Crippen LogP contribution in [-0.4, -0.2) is 10.5 Å². The van der Waals surface area contributed by atoms with Crippen molar-refractivity contribution in [3.05, 3.63) is 6.57 Å². The zero-order valence-electron chi connectivity index (χ0n) is 1.84. The molecule has 0 unspecified atom stereocenters. The molecule has 2 N–H and O–H groups in total. The van der Waals surface area contributed by atoms with Gasteiger partial charge in [0, 0.05) is 0 Å². The summed E-state index contributed by atoms with van der Waals surface area (Å²) in [4.78, 5) is 0. The van der Waals surface area contributed by atoms with E-state index in [2.05, 4.69) is 0 Å². The number of rotatable bonds is 0. The van der Waals surface area contributed by atoms with Crippen LogP contribution in [0.15, 0.2) is 0 Å². The zero-order valence-corrected chi connectivity index (χ0v) is 1.84. The van der Waals surface area contributed by atoms with E-state index in [9.17, 15) is 0 Å². The minimum atomic E-state index is 4.75. The van der Waals surface area contributed by atoms with Crippen molar-refractivity contribution in [2.75, 3.05) is 0 Å². The van der Waals surface area contributed by atoms with E-state index in [1.54, 1.807) is 0 Å². The molecule has 0 aromatic rings. The van der Waals surface area contributed by atoms with Gasteiger partial charge in [-0.1, -0.05) is 0 Å². The molecule has 0 spiro atoms. The Balaban J connectivity index is 0. The van der Waals surface area contributed by atoms with Crippen LogP contribution < -0.4 is 0 Å². The third kappa shape index (κ3) is 0.681. The van der Waals surface area contributed by atoms with Crippen molar-refractivity contribution in [3.63, 3.8) is 0 Å². The lowest BCUT2D eigenvalue weighted by molar-refractivity contribution is -0.176. The molecule has 0 rings (SSSR count). The molecule has 0 aliphatic rings. The van der Waals surface area contributed by atoms with E-state index in [1.807, 2.05) is 0 Å². The van der Waals surface area contributed by atoms with Crippen molar-refractivity contribution in [3.8, 4) is 0 Å². The Bertz CT molecular complexity index is 10.8. The molecule has 0 amide bonds. The molecule has 0 aliphatic heterocycles. The van der Waals surface area contributed by atoms with Crippen LogP contribution in [0.4, 0.5) is 0 Å². The molecule has 3 heteroatoms. The van der Waals surface area contributed by atoms with Crippen LogP contribution in [0.1, 0.15) is 0 Å². The molecule has 24 valence electrons. The normalized spacial score (nSPS) is 2.00. The Hall–Kier alpha value is -0.590.